The molecule has 0 aliphatic rings. The molecule has 3 aromatic rings. The van der Waals surface area contributed by atoms with Gasteiger partial charge in [0.05, 0.1) is 11.4 Å². The van der Waals surface area contributed by atoms with Gasteiger partial charge in [-0.2, -0.15) is 0 Å². The van der Waals surface area contributed by atoms with Crippen LogP contribution in [0.3, 0.4) is 0 Å². The van der Waals surface area contributed by atoms with Gasteiger partial charge in [-0.1, -0.05) is 36.4 Å². The lowest BCUT2D eigenvalue weighted by Crippen LogP contribution is -2.15. The summed E-state index contributed by atoms with van der Waals surface area (Å²) in [5, 5.41) is 9.88. The summed E-state index contributed by atoms with van der Waals surface area (Å²) in [5.74, 6) is 0. The third-order valence-electron chi connectivity index (χ3n) is 4.06. The molecule has 0 unspecified atom stereocenters. The highest BCUT2D eigenvalue weighted by Gasteiger charge is 2.01. The molecule has 0 heterocycles. The lowest BCUT2D eigenvalue weighted by atomic mass is 10.2. The van der Waals surface area contributed by atoms with Crippen LogP contribution < -0.4 is 21.4 Å². The second-order valence-electron chi connectivity index (χ2n) is 6.47. The number of nitrogens with one attached hydrogen (secondary N) is 4. The van der Waals surface area contributed by atoms with Crippen LogP contribution in [0.15, 0.2) is 85.2 Å². The topological polar surface area (TPSA) is 57.4 Å². The van der Waals surface area contributed by atoms with E-state index in [1.807, 2.05) is 48.5 Å². The van der Waals surface area contributed by atoms with Gasteiger partial charge in [-0.05, 0) is 61.4 Å². The monoisotopic (exact) mass is 374 g/mol. The largest absolute Gasteiger partial charge is 0.360 e. The van der Waals surface area contributed by atoms with Gasteiger partial charge in [0.1, 0.15) is 6.73 Å². The van der Waals surface area contributed by atoms with Gasteiger partial charge in [0.15, 0.2) is 0 Å². The van der Waals surface area contributed by atoms with Crippen molar-refractivity contribution < 1.29 is 4.84 Å². The fourth-order valence-corrected chi connectivity index (χ4v) is 2.73. The number of hydroxylamine groups is 1. The van der Waals surface area contributed by atoms with Crippen LogP contribution in [-0.4, -0.2) is 6.73 Å². The van der Waals surface area contributed by atoms with Gasteiger partial charge in [-0.25, -0.2) is 0 Å². The van der Waals surface area contributed by atoms with Gasteiger partial charge in [0, 0.05) is 23.8 Å². The Labute approximate surface area is 166 Å². The Hall–Kier alpha value is -3.44. The number of hydrogen-bond acceptors (Lipinski definition) is 5. The molecule has 4 N–H and O–H groups in total. The fourth-order valence-electron chi connectivity index (χ4n) is 2.73. The maximum atomic E-state index is 5.41. The van der Waals surface area contributed by atoms with E-state index in [1.165, 1.54) is 11.1 Å². The number of benzene rings is 3. The van der Waals surface area contributed by atoms with Crippen molar-refractivity contribution in [2.24, 2.45) is 0 Å². The maximum absolute atomic E-state index is 5.41. The van der Waals surface area contributed by atoms with Gasteiger partial charge >= 0.3 is 0 Å². The maximum Gasteiger partial charge on any atom is 0.144 e. The second kappa shape index (κ2) is 10.0. The van der Waals surface area contributed by atoms with Gasteiger partial charge in [-0.3, -0.25) is 10.3 Å². The zero-order valence-corrected chi connectivity index (χ0v) is 16.2. The molecule has 3 aromatic carbocycles. The minimum absolute atomic E-state index is 0.321. The van der Waals surface area contributed by atoms with Crippen molar-refractivity contribution >= 4 is 22.7 Å². The minimum Gasteiger partial charge on any atom is -0.360 e. The Morgan fingerprint density at radius 2 is 1.43 bits per heavy atom. The summed E-state index contributed by atoms with van der Waals surface area (Å²) >= 11 is 0. The van der Waals surface area contributed by atoms with Crippen LogP contribution in [0.5, 0.6) is 0 Å². The predicted molar refractivity (Wildman–Crippen MR) is 118 cm³/mol. The van der Waals surface area contributed by atoms with Gasteiger partial charge in [-0.15, -0.1) is 0 Å². The first kappa shape index (κ1) is 19.3. The molecule has 0 aliphatic heterocycles. The van der Waals surface area contributed by atoms with E-state index in [4.69, 9.17) is 4.84 Å². The molecule has 144 valence electrons. The summed E-state index contributed by atoms with van der Waals surface area (Å²) in [6, 6.07) is 24.5. The number of para-hydroxylation sites is 2. The average molecular weight is 374 g/mol. The Morgan fingerprint density at radius 1 is 0.750 bits per heavy atom. The summed E-state index contributed by atoms with van der Waals surface area (Å²) in [5.41, 5.74) is 9.27. The Balaban J connectivity index is 1.44. The third-order valence-corrected chi connectivity index (χ3v) is 4.06. The van der Waals surface area contributed by atoms with Gasteiger partial charge in [0.2, 0.25) is 0 Å². The van der Waals surface area contributed by atoms with Crippen LogP contribution in [0.4, 0.5) is 22.7 Å². The zero-order chi connectivity index (χ0) is 19.6. The molecule has 0 bridgehead atoms. The van der Waals surface area contributed by atoms with Crippen LogP contribution in [0.2, 0.25) is 0 Å². The average Bonchev–Trinajstić information content (AvgIpc) is 2.68. The lowest BCUT2D eigenvalue weighted by Gasteiger charge is -2.14. The van der Waals surface area contributed by atoms with Crippen LogP contribution in [0.1, 0.15) is 11.1 Å². The molecule has 0 saturated heterocycles. The smallest absolute Gasteiger partial charge is 0.144 e. The van der Waals surface area contributed by atoms with Crippen molar-refractivity contribution in [2.75, 3.05) is 22.7 Å². The molecule has 0 radical (unpaired) electrons. The molecular formula is C23H26N4O. The highest BCUT2D eigenvalue weighted by molar-refractivity contribution is 5.74. The molecule has 0 amide bonds. The van der Waals surface area contributed by atoms with Crippen LogP contribution >= 0.6 is 0 Å². The van der Waals surface area contributed by atoms with Crippen molar-refractivity contribution in [3.63, 3.8) is 0 Å². The highest BCUT2D eigenvalue weighted by atomic mass is 16.6. The SMILES string of the molecule is Cc1cccc(N/C=C\NOCNc2ccccc2Nc2cccc(C)c2)c1. The predicted octanol–water partition coefficient (Wildman–Crippen LogP) is 5.52. The molecule has 0 fully saturated rings. The van der Waals surface area contributed by atoms with Gasteiger partial charge in [0.25, 0.3) is 0 Å². The van der Waals surface area contributed by atoms with E-state index < -0.39 is 0 Å². The lowest BCUT2D eigenvalue weighted by molar-refractivity contribution is 0.0867. The minimum atomic E-state index is 0.321. The van der Waals surface area contributed by atoms with E-state index in [2.05, 4.69) is 59.5 Å². The summed E-state index contributed by atoms with van der Waals surface area (Å²) in [4.78, 5) is 5.41. The van der Waals surface area contributed by atoms with E-state index in [0.29, 0.717) is 6.73 Å². The number of aryl methyl sites for hydroxylation is 2. The quantitative estimate of drug-likeness (QED) is 0.226. The summed E-state index contributed by atoms with van der Waals surface area (Å²) in [6.45, 7) is 4.46. The third kappa shape index (κ3) is 6.07. The Kier molecular flexibility index (Phi) is 6.93. The van der Waals surface area contributed by atoms with Crippen molar-refractivity contribution in [3.8, 4) is 0 Å². The molecule has 0 atom stereocenters. The molecule has 0 aromatic heterocycles. The first-order valence-corrected chi connectivity index (χ1v) is 9.23. The standard InChI is InChI=1S/C23H26N4O/c1-18-7-5-9-20(15-18)24-13-14-26-28-17-25-22-11-3-4-12-23(22)27-21-10-6-8-19(2)16-21/h3-16,24-27H,17H2,1-2H3/b14-13-. The van der Waals surface area contributed by atoms with Crippen molar-refractivity contribution in [1.29, 1.82) is 0 Å². The van der Waals surface area contributed by atoms with E-state index in [-0.39, 0.29) is 0 Å². The van der Waals surface area contributed by atoms with E-state index >= 15 is 0 Å². The number of hydrogen-bond donors (Lipinski definition) is 4. The van der Waals surface area contributed by atoms with E-state index in [9.17, 15) is 0 Å². The number of anilines is 4. The molecule has 0 saturated carbocycles. The highest BCUT2D eigenvalue weighted by Crippen LogP contribution is 2.25. The first-order chi connectivity index (χ1) is 13.7. The molecule has 5 nitrogen and oxygen atoms in total. The van der Waals surface area contributed by atoms with Crippen LogP contribution in [0, 0.1) is 13.8 Å². The van der Waals surface area contributed by atoms with Crippen molar-refractivity contribution in [1.82, 2.24) is 5.48 Å². The van der Waals surface area contributed by atoms with Crippen LogP contribution in [0.25, 0.3) is 0 Å². The Bertz CT molecular complexity index is 924. The normalized spacial score (nSPS) is 10.6. The zero-order valence-electron chi connectivity index (χ0n) is 16.2. The summed E-state index contributed by atoms with van der Waals surface area (Å²) in [6.07, 6.45) is 3.50. The second-order valence-corrected chi connectivity index (χ2v) is 6.47. The molecule has 3 rings (SSSR count). The Morgan fingerprint density at radius 3 is 2.18 bits per heavy atom. The van der Waals surface area contributed by atoms with Gasteiger partial charge < -0.3 is 16.0 Å². The van der Waals surface area contributed by atoms with Crippen LogP contribution in [-0.2, 0) is 4.84 Å². The first-order valence-electron chi connectivity index (χ1n) is 9.23. The van der Waals surface area contributed by atoms with E-state index in [0.717, 1.165) is 22.7 Å². The molecular weight excluding hydrogens is 348 g/mol. The molecule has 5 heteroatoms. The van der Waals surface area contributed by atoms with E-state index in [1.54, 1.807) is 12.4 Å². The van der Waals surface area contributed by atoms with Crippen molar-refractivity contribution in [3.05, 3.63) is 96.3 Å². The number of rotatable bonds is 9. The molecule has 0 aliphatic carbocycles. The summed E-state index contributed by atoms with van der Waals surface area (Å²) in [7, 11) is 0. The van der Waals surface area contributed by atoms with Crippen molar-refractivity contribution in [2.45, 2.75) is 13.8 Å². The molecule has 0 spiro atoms. The fraction of sp³-hybridized carbons (Fsp3) is 0.130. The summed E-state index contributed by atoms with van der Waals surface area (Å²) < 4.78 is 0. The molecule has 28 heavy (non-hydrogen) atoms.